The highest BCUT2D eigenvalue weighted by molar-refractivity contribution is 9.10. The van der Waals surface area contributed by atoms with E-state index in [1.54, 1.807) is 6.20 Å². The zero-order valence-electron chi connectivity index (χ0n) is 11.2. The number of hydrogen-bond donors (Lipinski definition) is 0. The topological polar surface area (TPSA) is 30.2 Å². The van der Waals surface area contributed by atoms with Gasteiger partial charge in [-0.1, -0.05) is 6.07 Å². The van der Waals surface area contributed by atoms with Gasteiger partial charge >= 0.3 is 0 Å². The van der Waals surface area contributed by atoms with Crippen LogP contribution in [0.3, 0.4) is 0 Å². The molecular formula is C15H13BrFN3S. The fourth-order valence-corrected chi connectivity index (χ4v) is 4.77. The van der Waals surface area contributed by atoms with Crippen LogP contribution in [0.4, 0.5) is 10.2 Å². The summed E-state index contributed by atoms with van der Waals surface area (Å²) in [6.45, 7) is 0. The third-order valence-electron chi connectivity index (χ3n) is 3.95. The van der Waals surface area contributed by atoms with Gasteiger partial charge in [-0.3, -0.25) is 0 Å². The van der Waals surface area contributed by atoms with Crippen molar-refractivity contribution in [3.63, 3.8) is 0 Å². The van der Waals surface area contributed by atoms with Gasteiger partial charge < -0.3 is 0 Å². The summed E-state index contributed by atoms with van der Waals surface area (Å²) in [5, 5.41) is 4.74. The van der Waals surface area contributed by atoms with Crippen LogP contribution in [0.2, 0.25) is 0 Å². The number of thioether (sulfide) groups is 1. The Morgan fingerprint density at radius 1 is 1.33 bits per heavy atom. The molecule has 0 aliphatic carbocycles. The van der Waals surface area contributed by atoms with Crippen LogP contribution in [0.1, 0.15) is 24.4 Å². The number of fused-ring (bicyclic) bond motifs is 2. The second kappa shape index (κ2) is 5.25. The van der Waals surface area contributed by atoms with E-state index >= 15 is 0 Å². The van der Waals surface area contributed by atoms with E-state index < -0.39 is 0 Å². The van der Waals surface area contributed by atoms with Crippen LogP contribution in [0.15, 0.2) is 39.9 Å². The maximum Gasteiger partial charge on any atom is 0.150 e. The van der Waals surface area contributed by atoms with Gasteiger partial charge in [-0.2, -0.15) is 5.10 Å². The number of benzene rings is 1. The zero-order valence-corrected chi connectivity index (χ0v) is 13.6. The second-order valence-electron chi connectivity index (χ2n) is 5.25. The first-order valence-corrected chi connectivity index (χ1v) is 8.76. The molecule has 2 aliphatic heterocycles. The predicted molar refractivity (Wildman–Crippen MR) is 87.0 cm³/mol. The Morgan fingerprint density at radius 3 is 3.10 bits per heavy atom. The Balaban J connectivity index is 1.85. The van der Waals surface area contributed by atoms with Crippen LogP contribution >= 0.6 is 27.7 Å². The summed E-state index contributed by atoms with van der Waals surface area (Å²) in [5.41, 5.74) is 2.31. The summed E-state index contributed by atoms with van der Waals surface area (Å²) in [4.78, 5) is 4.75. The van der Waals surface area contributed by atoms with Crippen molar-refractivity contribution in [3.8, 4) is 0 Å². The number of aromatic nitrogens is 2. The van der Waals surface area contributed by atoms with Gasteiger partial charge in [0.2, 0.25) is 0 Å². The fraction of sp³-hybridized carbons (Fsp3) is 0.333. The van der Waals surface area contributed by atoms with Crippen LogP contribution in [0.25, 0.3) is 0 Å². The summed E-state index contributed by atoms with van der Waals surface area (Å²) in [7, 11) is 0. The van der Waals surface area contributed by atoms with Crippen molar-refractivity contribution >= 4 is 39.2 Å². The largest absolute Gasteiger partial charge is 0.239 e. The summed E-state index contributed by atoms with van der Waals surface area (Å²) in [6, 6.07) is 7.26. The lowest BCUT2D eigenvalue weighted by Crippen LogP contribution is -2.36. The molecule has 0 bridgehead atoms. The van der Waals surface area contributed by atoms with Gasteiger partial charge in [0.05, 0.1) is 22.0 Å². The van der Waals surface area contributed by atoms with Crippen LogP contribution in [-0.4, -0.2) is 26.5 Å². The first kappa shape index (κ1) is 13.5. The van der Waals surface area contributed by atoms with E-state index in [4.69, 9.17) is 4.99 Å². The Hall–Kier alpha value is -1.14. The van der Waals surface area contributed by atoms with Gasteiger partial charge in [0.25, 0.3) is 0 Å². The van der Waals surface area contributed by atoms with Crippen molar-refractivity contribution in [1.82, 2.24) is 9.78 Å². The number of hydrogen-bond acceptors (Lipinski definition) is 3. The minimum absolute atomic E-state index is 0.0877. The van der Waals surface area contributed by atoms with Crippen LogP contribution in [0.5, 0.6) is 0 Å². The number of rotatable bonds is 1. The molecule has 108 valence electrons. The van der Waals surface area contributed by atoms with E-state index in [2.05, 4.69) is 21.0 Å². The molecule has 1 fully saturated rings. The Morgan fingerprint density at radius 2 is 2.24 bits per heavy atom. The highest BCUT2D eigenvalue weighted by Gasteiger charge is 2.36. The van der Waals surface area contributed by atoms with E-state index in [9.17, 15) is 4.39 Å². The Kier molecular flexibility index (Phi) is 3.38. The van der Waals surface area contributed by atoms with Gasteiger partial charge in [-0.25, -0.2) is 14.1 Å². The lowest BCUT2D eigenvalue weighted by atomic mass is 9.96. The molecule has 1 aromatic carbocycles. The standard InChI is InChI=1S/C15H13BrFN3S/c16-10-8-9(3-4-11(10)17)14-15-12(2-1-7-21-15)19-13-5-6-18-20(13)14/h3-6,8,14-15H,1-2,7H2. The molecule has 2 unspecified atom stereocenters. The summed E-state index contributed by atoms with van der Waals surface area (Å²) in [5.74, 6) is 1.80. The lowest BCUT2D eigenvalue weighted by molar-refractivity contribution is 0.531. The van der Waals surface area contributed by atoms with E-state index in [-0.39, 0.29) is 11.9 Å². The van der Waals surface area contributed by atoms with Gasteiger partial charge in [0.1, 0.15) is 5.82 Å². The van der Waals surface area contributed by atoms with Crippen LogP contribution in [0, 0.1) is 5.82 Å². The minimum atomic E-state index is -0.236. The van der Waals surface area contributed by atoms with Crippen molar-refractivity contribution in [3.05, 3.63) is 46.3 Å². The molecular weight excluding hydrogens is 353 g/mol. The molecule has 3 nitrogen and oxygen atoms in total. The monoisotopic (exact) mass is 365 g/mol. The molecule has 2 aliphatic rings. The van der Waals surface area contributed by atoms with Gasteiger partial charge in [0.15, 0.2) is 5.82 Å². The molecule has 2 atom stereocenters. The molecule has 0 radical (unpaired) electrons. The molecule has 0 spiro atoms. The number of aliphatic imine (C=N–C) groups is 1. The average molecular weight is 366 g/mol. The average Bonchev–Trinajstić information content (AvgIpc) is 2.95. The molecule has 6 heteroatoms. The quantitative estimate of drug-likeness (QED) is 0.751. The normalized spacial score (nSPS) is 24.2. The number of nitrogens with zero attached hydrogens (tertiary/aromatic N) is 3. The van der Waals surface area contributed by atoms with E-state index in [0.717, 1.165) is 23.6 Å². The maximum absolute atomic E-state index is 13.5. The molecule has 3 heterocycles. The number of halogens is 2. The predicted octanol–water partition coefficient (Wildman–Crippen LogP) is 4.36. The zero-order chi connectivity index (χ0) is 14.4. The highest BCUT2D eigenvalue weighted by Crippen LogP contribution is 2.42. The third-order valence-corrected chi connectivity index (χ3v) is 5.97. The van der Waals surface area contributed by atoms with Crippen molar-refractivity contribution in [2.24, 2.45) is 4.99 Å². The van der Waals surface area contributed by atoms with Crippen molar-refractivity contribution in [2.45, 2.75) is 24.1 Å². The van der Waals surface area contributed by atoms with Gasteiger partial charge in [-0.15, -0.1) is 11.8 Å². The molecule has 1 aromatic heterocycles. The molecule has 21 heavy (non-hydrogen) atoms. The first-order valence-electron chi connectivity index (χ1n) is 6.91. The highest BCUT2D eigenvalue weighted by atomic mass is 79.9. The first-order chi connectivity index (χ1) is 10.2. The summed E-state index contributed by atoms with van der Waals surface area (Å²) < 4.78 is 16.0. The third kappa shape index (κ3) is 2.25. The van der Waals surface area contributed by atoms with Crippen molar-refractivity contribution in [1.29, 1.82) is 0 Å². The molecule has 0 amide bonds. The fourth-order valence-electron chi connectivity index (χ4n) is 2.99. The molecule has 1 saturated heterocycles. The smallest absolute Gasteiger partial charge is 0.150 e. The van der Waals surface area contributed by atoms with Crippen molar-refractivity contribution in [2.75, 3.05) is 5.75 Å². The maximum atomic E-state index is 13.5. The van der Waals surface area contributed by atoms with E-state index in [0.29, 0.717) is 9.72 Å². The minimum Gasteiger partial charge on any atom is -0.239 e. The Bertz CT molecular complexity index is 727. The molecule has 0 N–H and O–H groups in total. The van der Waals surface area contributed by atoms with E-state index in [1.165, 1.54) is 18.2 Å². The molecule has 2 aromatic rings. The van der Waals surface area contributed by atoms with Gasteiger partial charge in [0, 0.05) is 11.8 Å². The summed E-state index contributed by atoms with van der Waals surface area (Å²) >= 11 is 5.22. The molecule has 0 saturated carbocycles. The molecule has 4 rings (SSSR count). The second-order valence-corrected chi connectivity index (χ2v) is 7.35. The van der Waals surface area contributed by atoms with Crippen LogP contribution in [-0.2, 0) is 0 Å². The lowest BCUT2D eigenvalue weighted by Gasteiger charge is -2.35. The van der Waals surface area contributed by atoms with Gasteiger partial charge in [-0.05, 0) is 52.2 Å². The van der Waals surface area contributed by atoms with Crippen molar-refractivity contribution < 1.29 is 4.39 Å². The van der Waals surface area contributed by atoms with E-state index in [1.807, 2.05) is 34.6 Å². The van der Waals surface area contributed by atoms with Crippen LogP contribution < -0.4 is 0 Å². The summed E-state index contributed by atoms with van der Waals surface area (Å²) in [6.07, 6.45) is 4.00. The Labute approximate surface area is 134 Å². The SMILES string of the molecule is Fc1ccc(C2C3SCCCC3=Nc3ccnn32)cc1Br.